The summed E-state index contributed by atoms with van der Waals surface area (Å²) in [5.41, 5.74) is 2.29. The summed E-state index contributed by atoms with van der Waals surface area (Å²) in [5, 5.41) is 11.4. The van der Waals surface area contributed by atoms with Gasteiger partial charge < -0.3 is 14.3 Å². The molecule has 1 N–H and O–H groups in total. The van der Waals surface area contributed by atoms with Crippen molar-refractivity contribution >= 4 is 38.4 Å². The van der Waals surface area contributed by atoms with E-state index in [4.69, 9.17) is 9.15 Å². The first-order valence-electron chi connectivity index (χ1n) is 11.5. The van der Waals surface area contributed by atoms with Crippen LogP contribution in [-0.2, 0) is 4.79 Å². The quantitative estimate of drug-likeness (QED) is 0.254. The monoisotopic (exact) mass is 508 g/mol. The van der Waals surface area contributed by atoms with Crippen LogP contribution in [0.1, 0.15) is 27.7 Å². The Kier molecular flexibility index (Phi) is 5.58. The largest absolute Gasteiger partial charge is 0.503 e. The zero-order valence-corrected chi connectivity index (χ0v) is 20.4. The van der Waals surface area contributed by atoms with E-state index in [2.05, 4.69) is 4.98 Å². The molecule has 2 aromatic heterocycles. The van der Waals surface area contributed by atoms with E-state index in [1.165, 1.54) is 28.6 Å². The molecule has 37 heavy (non-hydrogen) atoms. The number of Topliss-reactive ketones (excluding diaryl/α,β-unsaturated/α-hetero) is 1. The first-order valence-corrected chi connectivity index (χ1v) is 12.4. The van der Waals surface area contributed by atoms with Crippen molar-refractivity contribution in [2.75, 3.05) is 4.90 Å². The number of benzene rings is 3. The van der Waals surface area contributed by atoms with Crippen LogP contribution in [0.15, 0.2) is 107 Å². The van der Waals surface area contributed by atoms with Gasteiger partial charge in [-0.2, -0.15) is 0 Å². The number of nitrogens with zero attached hydrogens (tertiary/aromatic N) is 2. The Morgan fingerprint density at radius 3 is 2.59 bits per heavy atom. The van der Waals surface area contributed by atoms with Gasteiger partial charge in [-0.3, -0.25) is 14.5 Å². The molecule has 0 saturated heterocycles. The van der Waals surface area contributed by atoms with Gasteiger partial charge in [0.2, 0.25) is 5.78 Å². The third kappa shape index (κ3) is 4.07. The van der Waals surface area contributed by atoms with E-state index in [0.29, 0.717) is 22.2 Å². The van der Waals surface area contributed by atoms with Crippen molar-refractivity contribution in [2.45, 2.75) is 13.0 Å². The van der Waals surface area contributed by atoms with Crippen LogP contribution >= 0.6 is 11.3 Å². The van der Waals surface area contributed by atoms with E-state index < -0.39 is 23.5 Å². The second kappa shape index (κ2) is 9.07. The number of aliphatic hydroxyl groups excluding tert-OH is 1. The molecule has 1 aliphatic rings. The number of ketones is 1. The highest BCUT2D eigenvalue weighted by Gasteiger charge is 2.46. The number of ether oxygens (including phenoxy) is 1. The molecule has 3 aromatic carbocycles. The molecule has 5 aromatic rings. The van der Waals surface area contributed by atoms with Crippen LogP contribution < -0.4 is 9.64 Å². The molecule has 0 radical (unpaired) electrons. The Hall–Kier alpha value is -4.69. The second-order valence-electron chi connectivity index (χ2n) is 8.60. The third-order valence-corrected chi connectivity index (χ3v) is 7.11. The molecule has 182 valence electrons. The Morgan fingerprint density at radius 1 is 1.00 bits per heavy atom. The second-order valence-corrected chi connectivity index (χ2v) is 9.61. The van der Waals surface area contributed by atoms with Crippen LogP contribution in [0.3, 0.4) is 0 Å². The number of aromatic nitrogens is 1. The number of furan rings is 1. The molecule has 0 saturated carbocycles. The van der Waals surface area contributed by atoms with Crippen molar-refractivity contribution in [3.05, 3.63) is 119 Å². The number of aliphatic hydroxyl groups is 1. The lowest BCUT2D eigenvalue weighted by atomic mass is 9.95. The molecule has 1 atom stereocenters. The molecule has 1 unspecified atom stereocenters. The highest BCUT2D eigenvalue weighted by molar-refractivity contribution is 7.22. The Labute approximate surface area is 215 Å². The molecule has 8 heteroatoms. The summed E-state index contributed by atoms with van der Waals surface area (Å²) in [7, 11) is 0. The van der Waals surface area contributed by atoms with Gasteiger partial charge in [0, 0.05) is 0 Å². The molecule has 0 bridgehead atoms. The molecular weight excluding hydrogens is 488 g/mol. The smallest absolute Gasteiger partial charge is 0.296 e. The zero-order chi connectivity index (χ0) is 25.5. The molecule has 6 rings (SSSR count). The van der Waals surface area contributed by atoms with E-state index in [9.17, 15) is 14.7 Å². The summed E-state index contributed by atoms with van der Waals surface area (Å²) in [5.74, 6) is -0.716. The van der Waals surface area contributed by atoms with E-state index in [1.807, 2.05) is 55.5 Å². The maximum Gasteiger partial charge on any atom is 0.296 e. The third-order valence-electron chi connectivity index (χ3n) is 6.09. The Bertz CT molecular complexity index is 1670. The maximum absolute atomic E-state index is 13.5. The van der Waals surface area contributed by atoms with Gasteiger partial charge >= 0.3 is 0 Å². The topological polar surface area (TPSA) is 92.9 Å². The molecule has 1 aliphatic heterocycles. The minimum absolute atomic E-state index is 0.0258. The fourth-order valence-electron chi connectivity index (χ4n) is 4.39. The number of thiazole rings is 1. The summed E-state index contributed by atoms with van der Waals surface area (Å²) in [4.78, 5) is 33.0. The Balaban J connectivity index is 1.48. The molecule has 1 amide bonds. The standard InChI is InChI=1S/C29H20N2O5S/c1-17-12-13-21-23(15-17)37-29(30-21)31-25(24(27(33)28(31)34)26(32)22-11-6-14-35-22)18-7-5-10-20(16-18)36-19-8-3-2-4-9-19/h2-16,25,33H,1H3. The minimum Gasteiger partial charge on any atom is -0.503 e. The fourth-order valence-corrected chi connectivity index (χ4v) is 5.48. The van der Waals surface area contributed by atoms with Gasteiger partial charge in [-0.15, -0.1) is 0 Å². The van der Waals surface area contributed by atoms with Crippen molar-refractivity contribution in [2.24, 2.45) is 0 Å². The number of rotatable bonds is 6. The SMILES string of the molecule is Cc1ccc2nc(N3C(=O)C(O)=C(C(=O)c4ccco4)C3c3cccc(Oc4ccccc4)c3)sc2c1. The molecule has 3 heterocycles. The highest BCUT2D eigenvalue weighted by Crippen LogP contribution is 2.45. The van der Waals surface area contributed by atoms with Gasteiger partial charge in [-0.25, -0.2) is 4.98 Å². The molecule has 7 nitrogen and oxygen atoms in total. The van der Waals surface area contributed by atoms with Crippen LogP contribution in [0.4, 0.5) is 5.13 Å². The van der Waals surface area contributed by atoms with Gasteiger partial charge in [-0.1, -0.05) is 47.7 Å². The highest BCUT2D eigenvalue weighted by atomic mass is 32.1. The number of amides is 1. The average molecular weight is 509 g/mol. The number of carbonyl (C=O) groups excluding carboxylic acids is 2. The van der Waals surface area contributed by atoms with Crippen molar-refractivity contribution in [3.8, 4) is 11.5 Å². The average Bonchev–Trinajstić information content (AvgIpc) is 3.63. The molecular formula is C29H20N2O5S. The van der Waals surface area contributed by atoms with Crippen LogP contribution in [0, 0.1) is 6.92 Å². The first-order chi connectivity index (χ1) is 18.0. The summed E-state index contributed by atoms with van der Waals surface area (Å²) < 4.78 is 12.2. The number of hydrogen-bond acceptors (Lipinski definition) is 7. The van der Waals surface area contributed by atoms with E-state index in [-0.39, 0.29) is 11.3 Å². The van der Waals surface area contributed by atoms with Gasteiger partial charge in [0.15, 0.2) is 16.7 Å². The number of aryl methyl sites for hydroxylation is 1. The van der Waals surface area contributed by atoms with Crippen molar-refractivity contribution in [3.63, 3.8) is 0 Å². The summed E-state index contributed by atoms with van der Waals surface area (Å²) in [6, 6.07) is 24.4. The molecule has 0 fully saturated rings. The van der Waals surface area contributed by atoms with Crippen LogP contribution in [-0.4, -0.2) is 21.8 Å². The van der Waals surface area contributed by atoms with E-state index in [1.54, 1.807) is 30.3 Å². The molecule has 0 aliphatic carbocycles. The van der Waals surface area contributed by atoms with Crippen molar-refractivity contribution in [1.29, 1.82) is 0 Å². The lowest BCUT2D eigenvalue weighted by Gasteiger charge is -2.24. The number of para-hydroxylation sites is 1. The van der Waals surface area contributed by atoms with Gasteiger partial charge in [0.1, 0.15) is 11.5 Å². The minimum atomic E-state index is -0.939. The van der Waals surface area contributed by atoms with Gasteiger partial charge in [0.25, 0.3) is 5.91 Å². The first kappa shape index (κ1) is 22.8. The molecule has 0 spiro atoms. The number of fused-ring (bicyclic) bond motifs is 1. The van der Waals surface area contributed by atoms with Crippen molar-refractivity contribution in [1.82, 2.24) is 4.98 Å². The van der Waals surface area contributed by atoms with Gasteiger partial charge in [-0.05, 0) is 66.6 Å². The zero-order valence-electron chi connectivity index (χ0n) is 19.6. The lowest BCUT2D eigenvalue weighted by molar-refractivity contribution is -0.117. The van der Waals surface area contributed by atoms with E-state index >= 15 is 0 Å². The van der Waals surface area contributed by atoms with Crippen molar-refractivity contribution < 1.29 is 23.8 Å². The number of hydrogen-bond donors (Lipinski definition) is 1. The summed E-state index contributed by atoms with van der Waals surface area (Å²) in [6.45, 7) is 1.98. The van der Waals surface area contributed by atoms with Crippen LogP contribution in [0.5, 0.6) is 11.5 Å². The maximum atomic E-state index is 13.5. The number of anilines is 1. The van der Waals surface area contributed by atoms with Gasteiger partial charge in [0.05, 0.1) is 28.1 Å². The van der Waals surface area contributed by atoms with E-state index in [0.717, 1.165) is 15.8 Å². The fraction of sp³-hybridized carbons (Fsp3) is 0.0690. The summed E-state index contributed by atoms with van der Waals surface area (Å²) in [6.07, 6.45) is 1.37. The van der Waals surface area contributed by atoms with Crippen LogP contribution in [0.2, 0.25) is 0 Å². The Morgan fingerprint density at radius 2 is 1.81 bits per heavy atom. The summed E-state index contributed by atoms with van der Waals surface area (Å²) >= 11 is 1.32. The predicted molar refractivity (Wildman–Crippen MR) is 140 cm³/mol. The van der Waals surface area contributed by atoms with Crippen LogP contribution in [0.25, 0.3) is 10.2 Å². The normalized spacial score (nSPS) is 15.5. The predicted octanol–water partition coefficient (Wildman–Crippen LogP) is 6.77. The lowest BCUT2D eigenvalue weighted by Crippen LogP contribution is -2.31. The number of carbonyl (C=O) groups is 2.